The Bertz CT molecular complexity index is 781. The van der Waals surface area contributed by atoms with E-state index in [1.54, 1.807) is 29.2 Å². The Hall–Kier alpha value is -2.84. The molecule has 1 aromatic carbocycles. The second-order valence-corrected chi connectivity index (χ2v) is 5.94. The third-order valence-corrected chi connectivity index (χ3v) is 4.17. The lowest BCUT2D eigenvalue weighted by Gasteiger charge is -2.34. The topological polar surface area (TPSA) is 58.4 Å². The highest BCUT2D eigenvalue weighted by atomic mass is 19.4. The zero-order valence-corrected chi connectivity index (χ0v) is 13.8. The monoisotopic (exact) mass is 366 g/mol. The molecule has 0 aliphatic carbocycles. The summed E-state index contributed by atoms with van der Waals surface area (Å²) >= 11 is 0. The Kier molecular flexibility index (Phi) is 4.97. The first-order chi connectivity index (χ1) is 12.3. The molecule has 0 N–H and O–H groups in total. The molecular formula is C17H17F3N4O2. The summed E-state index contributed by atoms with van der Waals surface area (Å²) in [6, 6.07) is 9.70. The summed E-state index contributed by atoms with van der Waals surface area (Å²) in [6.07, 6.45) is -3.40. The van der Waals surface area contributed by atoms with Gasteiger partial charge in [-0.1, -0.05) is 18.2 Å². The van der Waals surface area contributed by atoms with E-state index in [1.165, 1.54) is 4.90 Å². The molecular weight excluding hydrogens is 349 g/mol. The van der Waals surface area contributed by atoms with E-state index in [0.717, 1.165) is 16.9 Å². The second-order valence-electron chi connectivity index (χ2n) is 5.94. The Labute approximate surface area is 147 Å². The molecule has 2 aromatic rings. The van der Waals surface area contributed by atoms with Gasteiger partial charge in [-0.15, -0.1) is 0 Å². The molecule has 0 bridgehead atoms. The quantitative estimate of drug-likeness (QED) is 0.834. The molecule has 1 fully saturated rings. The minimum Gasteiger partial charge on any atom is -0.338 e. The number of rotatable bonds is 3. The van der Waals surface area contributed by atoms with E-state index >= 15 is 0 Å². The largest absolute Gasteiger partial charge is 0.435 e. The average molecular weight is 366 g/mol. The number of hydrogen-bond donors (Lipinski definition) is 0. The van der Waals surface area contributed by atoms with Crippen molar-refractivity contribution in [2.24, 2.45) is 0 Å². The van der Waals surface area contributed by atoms with Gasteiger partial charge in [-0.3, -0.25) is 14.3 Å². The first-order valence-electron chi connectivity index (χ1n) is 8.07. The molecule has 9 heteroatoms. The molecule has 1 aliphatic heterocycles. The molecule has 2 heterocycles. The van der Waals surface area contributed by atoms with Crippen molar-refractivity contribution in [1.82, 2.24) is 19.6 Å². The number of piperazine rings is 1. The third-order valence-electron chi connectivity index (χ3n) is 4.17. The number of halogens is 3. The highest BCUT2D eigenvalue weighted by molar-refractivity contribution is 5.94. The molecule has 0 saturated carbocycles. The second kappa shape index (κ2) is 7.19. The first kappa shape index (κ1) is 18.0. The van der Waals surface area contributed by atoms with Crippen LogP contribution in [0.3, 0.4) is 0 Å². The summed E-state index contributed by atoms with van der Waals surface area (Å²) in [6.45, 7) is 1.18. The fourth-order valence-electron chi connectivity index (χ4n) is 2.76. The number of alkyl halides is 3. The number of aromatic nitrogens is 2. The van der Waals surface area contributed by atoms with Crippen LogP contribution in [-0.4, -0.2) is 57.6 Å². The molecule has 6 nitrogen and oxygen atoms in total. The first-order valence-corrected chi connectivity index (χ1v) is 8.07. The summed E-state index contributed by atoms with van der Waals surface area (Å²) in [7, 11) is 0. The van der Waals surface area contributed by atoms with Gasteiger partial charge in [0.2, 0.25) is 5.91 Å². The van der Waals surface area contributed by atoms with E-state index in [2.05, 4.69) is 5.10 Å². The van der Waals surface area contributed by atoms with Crippen LogP contribution in [0.25, 0.3) is 0 Å². The third kappa shape index (κ3) is 4.04. The molecule has 3 rings (SSSR count). The van der Waals surface area contributed by atoms with Gasteiger partial charge in [0.05, 0.1) is 0 Å². The molecule has 0 atom stereocenters. The highest BCUT2D eigenvalue weighted by Gasteiger charge is 2.34. The average Bonchev–Trinajstić information content (AvgIpc) is 3.11. The van der Waals surface area contributed by atoms with Gasteiger partial charge < -0.3 is 9.80 Å². The lowest BCUT2D eigenvalue weighted by atomic mass is 10.2. The van der Waals surface area contributed by atoms with Crippen LogP contribution in [0.4, 0.5) is 13.2 Å². The number of benzene rings is 1. The van der Waals surface area contributed by atoms with Crippen LogP contribution in [0, 0.1) is 0 Å². The van der Waals surface area contributed by atoms with E-state index in [0.29, 0.717) is 31.7 Å². The maximum atomic E-state index is 12.5. The molecule has 26 heavy (non-hydrogen) atoms. The molecule has 1 aliphatic rings. The van der Waals surface area contributed by atoms with Gasteiger partial charge in [0.15, 0.2) is 5.69 Å². The maximum absolute atomic E-state index is 12.5. The fraction of sp³-hybridized carbons (Fsp3) is 0.353. The Morgan fingerprint density at radius 1 is 0.962 bits per heavy atom. The van der Waals surface area contributed by atoms with E-state index in [4.69, 9.17) is 0 Å². The van der Waals surface area contributed by atoms with Crippen molar-refractivity contribution >= 4 is 11.8 Å². The van der Waals surface area contributed by atoms with Gasteiger partial charge in [0.1, 0.15) is 6.54 Å². The Morgan fingerprint density at radius 3 is 2.15 bits per heavy atom. The van der Waals surface area contributed by atoms with Crippen LogP contribution in [0.5, 0.6) is 0 Å². The van der Waals surface area contributed by atoms with E-state index in [-0.39, 0.29) is 18.4 Å². The van der Waals surface area contributed by atoms with Crippen LogP contribution in [0.2, 0.25) is 0 Å². The van der Waals surface area contributed by atoms with Crippen molar-refractivity contribution < 1.29 is 22.8 Å². The zero-order valence-electron chi connectivity index (χ0n) is 13.8. The molecule has 1 saturated heterocycles. The van der Waals surface area contributed by atoms with Crippen molar-refractivity contribution in [3.05, 3.63) is 53.9 Å². The minimum absolute atomic E-state index is 0.0976. The van der Waals surface area contributed by atoms with E-state index < -0.39 is 11.9 Å². The van der Waals surface area contributed by atoms with Crippen molar-refractivity contribution in [1.29, 1.82) is 0 Å². The predicted molar refractivity (Wildman–Crippen MR) is 86.2 cm³/mol. The van der Waals surface area contributed by atoms with Crippen molar-refractivity contribution in [2.75, 3.05) is 26.2 Å². The van der Waals surface area contributed by atoms with Crippen molar-refractivity contribution in [3.63, 3.8) is 0 Å². The molecule has 1 aromatic heterocycles. The summed E-state index contributed by atoms with van der Waals surface area (Å²) in [5.74, 6) is -0.423. The molecule has 0 unspecified atom stereocenters. The summed E-state index contributed by atoms with van der Waals surface area (Å²) in [5, 5.41) is 3.38. The van der Waals surface area contributed by atoms with Crippen LogP contribution in [-0.2, 0) is 17.5 Å². The van der Waals surface area contributed by atoms with Crippen molar-refractivity contribution in [2.45, 2.75) is 12.7 Å². The van der Waals surface area contributed by atoms with Gasteiger partial charge >= 0.3 is 6.18 Å². The fourth-order valence-corrected chi connectivity index (χ4v) is 2.76. The summed E-state index contributed by atoms with van der Waals surface area (Å²) in [4.78, 5) is 27.8. The predicted octanol–water partition coefficient (Wildman–Crippen LogP) is 1.89. The smallest absolute Gasteiger partial charge is 0.338 e. The number of carbonyl (C=O) groups is 2. The summed E-state index contributed by atoms with van der Waals surface area (Å²) in [5.41, 5.74) is -0.438. The number of carbonyl (C=O) groups excluding carboxylic acids is 2. The number of hydrogen-bond acceptors (Lipinski definition) is 3. The minimum atomic E-state index is -4.53. The van der Waals surface area contributed by atoms with Gasteiger partial charge in [0, 0.05) is 37.9 Å². The number of amides is 2. The molecule has 2 amide bonds. The van der Waals surface area contributed by atoms with Crippen molar-refractivity contribution in [3.8, 4) is 0 Å². The lowest BCUT2D eigenvalue weighted by molar-refractivity contribution is -0.142. The Morgan fingerprint density at radius 2 is 1.58 bits per heavy atom. The van der Waals surface area contributed by atoms with Gasteiger partial charge in [0.25, 0.3) is 5.91 Å². The standard InChI is InChI=1S/C17H17F3N4O2/c18-17(19,20)14-6-7-24(21-14)12-15(25)22-8-10-23(11-9-22)16(26)13-4-2-1-3-5-13/h1-7H,8-12H2. The SMILES string of the molecule is O=C(Cn1ccc(C(F)(F)F)n1)N1CCN(C(=O)c2ccccc2)CC1. The highest BCUT2D eigenvalue weighted by Crippen LogP contribution is 2.27. The van der Waals surface area contributed by atoms with Crippen LogP contribution in [0.15, 0.2) is 42.6 Å². The van der Waals surface area contributed by atoms with Gasteiger partial charge in [-0.25, -0.2) is 0 Å². The molecule has 138 valence electrons. The lowest BCUT2D eigenvalue weighted by Crippen LogP contribution is -2.51. The van der Waals surface area contributed by atoms with Crippen LogP contribution in [0.1, 0.15) is 16.1 Å². The summed E-state index contributed by atoms with van der Waals surface area (Å²) < 4.78 is 38.6. The van der Waals surface area contributed by atoms with Gasteiger partial charge in [-0.2, -0.15) is 18.3 Å². The molecule has 0 radical (unpaired) electrons. The zero-order chi connectivity index (χ0) is 18.7. The number of nitrogens with zero attached hydrogens (tertiary/aromatic N) is 4. The normalized spacial score (nSPS) is 15.2. The maximum Gasteiger partial charge on any atom is 0.435 e. The van der Waals surface area contributed by atoms with Crippen LogP contribution >= 0.6 is 0 Å². The van der Waals surface area contributed by atoms with E-state index in [1.807, 2.05) is 6.07 Å². The van der Waals surface area contributed by atoms with Crippen LogP contribution < -0.4 is 0 Å². The van der Waals surface area contributed by atoms with E-state index in [9.17, 15) is 22.8 Å². The van der Waals surface area contributed by atoms with Gasteiger partial charge in [-0.05, 0) is 18.2 Å². The Balaban J connectivity index is 1.54. The molecule has 0 spiro atoms.